The van der Waals surface area contributed by atoms with Crippen molar-refractivity contribution in [3.63, 3.8) is 0 Å². The van der Waals surface area contributed by atoms with Gasteiger partial charge in [-0.05, 0) is 26.0 Å². The lowest BCUT2D eigenvalue weighted by molar-refractivity contribution is 0.0512. The topological polar surface area (TPSA) is 63.3 Å². The number of aliphatic hydroxyl groups is 1. The molecule has 4 heteroatoms. The van der Waals surface area contributed by atoms with Crippen LogP contribution in [0.1, 0.15) is 19.6 Å². The third-order valence-corrected chi connectivity index (χ3v) is 3.05. The largest absolute Gasteiger partial charge is 0.424 e. The van der Waals surface area contributed by atoms with Crippen LogP contribution in [0.15, 0.2) is 45.6 Å². The molecule has 0 aliphatic heterocycles. The highest BCUT2D eigenvalue weighted by molar-refractivity contribution is 5.91. The first kappa shape index (κ1) is 11.9. The standard InChI is InChI=1S/C15H13NO3/c1-15(2,18)13-8-12-10(14(17)19-13)7-9-5-3-4-6-11(9)16-12/h3-8,18H,1-2H3. The molecule has 3 aromatic rings. The minimum absolute atomic E-state index is 0.216. The number of rotatable bonds is 1. The predicted molar refractivity (Wildman–Crippen MR) is 73.0 cm³/mol. The molecule has 0 aliphatic rings. The number of pyridine rings is 1. The smallest absolute Gasteiger partial charge is 0.345 e. The van der Waals surface area contributed by atoms with Crippen LogP contribution in [0.25, 0.3) is 21.8 Å². The van der Waals surface area contributed by atoms with Gasteiger partial charge in [-0.15, -0.1) is 0 Å². The van der Waals surface area contributed by atoms with Crippen LogP contribution in [0.4, 0.5) is 0 Å². The van der Waals surface area contributed by atoms with E-state index in [9.17, 15) is 9.90 Å². The first-order valence-corrected chi connectivity index (χ1v) is 6.02. The van der Waals surface area contributed by atoms with E-state index in [0.29, 0.717) is 10.9 Å². The molecule has 0 amide bonds. The fourth-order valence-corrected chi connectivity index (χ4v) is 2.01. The van der Waals surface area contributed by atoms with E-state index >= 15 is 0 Å². The Morgan fingerprint density at radius 1 is 1.16 bits per heavy atom. The highest BCUT2D eigenvalue weighted by Gasteiger charge is 2.21. The molecule has 2 aromatic heterocycles. The van der Waals surface area contributed by atoms with Crippen molar-refractivity contribution in [1.29, 1.82) is 0 Å². The molecule has 0 spiro atoms. The van der Waals surface area contributed by atoms with E-state index in [1.165, 1.54) is 0 Å². The normalized spacial score (nSPS) is 12.2. The van der Waals surface area contributed by atoms with Gasteiger partial charge < -0.3 is 9.52 Å². The highest BCUT2D eigenvalue weighted by atomic mass is 16.4. The van der Waals surface area contributed by atoms with Crippen molar-refractivity contribution in [3.05, 3.63) is 52.6 Å². The quantitative estimate of drug-likeness (QED) is 0.679. The maximum atomic E-state index is 12.0. The van der Waals surface area contributed by atoms with Gasteiger partial charge in [0.25, 0.3) is 0 Å². The summed E-state index contributed by atoms with van der Waals surface area (Å²) in [5.41, 5.74) is -0.344. The summed E-state index contributed by atoms with van der Waals surface area (Å²) in [6.45, 7) is 3.14. The molecule has 1 N–H and O–H groups in total. The van der Waals surface area contributed by atoms with E-state index in [1.54, 1.807) is 26.0 Å². The van der Waals surface area contributed by atoms with Crippen molar-refractivity contribution >= 4 is 21.8 Å². The number of aromatic nitrogens is 1. The average molecular weight is 255 g/mol. The van der Waals surface area contributed by atoms with Crippen LogP contribution in [0.2, 0.25) is 0 Å². The Balaban J connectivity index is 2.42. The third kappa shape index (κ3) is 2.00. The molecule has 0 atom stereocenters. The van der Waals surface area contributed by atoms with Crippen LogP contribution in [-0.2, 0) is 5.60 Å². The Bertz CT molecular complexity index is 828. The summed E-state index contributed by atoms with van der Waals surface area (Å²) >= 11 is 0. The maximum absolute atomic E-state index is 12.0. The zero-order chi connectivity index (χ0) is 13.6. The van der Waals surface area contributed by atoms with Crippen LogP contribution in [-0.4, -0.2) is 10.1 Å². The van der Waals surface area contributed by atoms with Crippen LogP contribution in [0, 0.1) is 0 Å². The van der Waals surface area contributed by atoms with Gasteiger partial charge in [-0.25, -0.2) is 9.78 Å². The van der Waals surface area contributed by atoms with E-state index in [1.807, 2.05) is 24.3 Å². The summed E-state index contributed by atoms with van der Waals surface area (Å²) in [6, 6.07) is 10.9. The summed E-state index contributed by atoms with van der Waals surface area (Å²) in [5.74, 6) is 0.216. The van der Waals surface area contributed by atoms with E-state index in [-0.39, 0.29) is 5.76 Å². The Morgan fingerprint density at radius 2 is 1.89 bits per heavy atom. The number of hydrogen-bond donors (Lipinski definition) is 1. The van der Waals surface area contributed by atoms with Crippen LogP contribution >= 0.6 is 0 Å². The average Bonchev–Trinajstić information content (AvgIpc) is 2.35. The Kier molecular flexibility index (Phi) is 2.43. The third-order valence-electron chi connectivity index (χ3n) is 3.05. The molecular weight excluding hydrogens is 242 g/mol. The van der Waals surface area contributed by atoms with E-state index in [0.717, 1.165) is 10.9 Å². The zero-order valence-electron chi connectivity index (χ0n) is 10.7. The lowest BCUT2D eigenvalue weighted by atomic mass is 10.1. The minimum Gasteiger partial charge on any atom is -0.424 e. The molecule has 0 saturated heterocycles. The molecule has 1 aromatic carbocycles. The van der Waals surface area contributed by atoms with Gasteiger partial charge in [-0.2, -0.15) is 0 Å². The molecule has 3 rings (SSSR count). The minimum atomic E-state index is -1.21. The summed E-state index contributed by atoms with van der Waals surface area (Å²) in [4.78, 5) is 16.4. The molecule has 0 bridgehead atoms. The van der Waals surface area contributed by atoms with Gasteiger partial charge in [0.2, 0.25) is 0 Å². The Labute approximate surface area is 109 Å². The van der Waals surface area contributed by atoms with Crippen molar-refractivity contribution in [2.24, 2.45) is 0 Å². The molecular formula is C15H13NO3. The van der Waals surface area contributed by atoms with Gasteiger partial charge in [-0.3, -0.25) is 0 Å². The summed E-state index contributed by atoms with van der Waals surface area (Å²) in [6.07, 6.45) is 0. The van der Waals surface area contributed by atoms with Crippen molar-refractivity contribution in [1.82, 2.24) is 4.98 Å². The summed E-state index contributed by atoms with van der Waals surface area (Å²) in [7, 11) is 0. The molecule has 0 aliphatic carbocycles. The van der Waals surface area contributed by atoms with Gasteiger partial charge in [0.15, 0.2) is 0 Å². The Morgan fingerprint density at radius 3 is 2.63 bits per heavy atom. The fraction of sp³-hybridized carbons (Fsp3) is 0.200. The molecule has 0 saturated carbocycles. The lowest BCUT2D eigenvalue weighted by Crippen LogP contribution is -2.18. The van der Waals surface area contributed by atoms with Crippen molar-refractivity contribution in [3.8, 4) is 0 Å². The molecule has 96 valence electrons. The second-order valence-electron chi connectivity index (χ2n) is 5.07. The molecule has 2 heterocycles. The van der Waals surface area contributed by atoms with Crippen LogP contribution < -0.4 is 5.63 Å². The van der Waals surface area contributed by atoms with Crippen LogP contribution in [0.5, 0.6) is 0 Å². The first-order chi connectivity index (χ1) is 8.95. The maximum Gasteiger partial charge on any atom is 0.345 e. The monoisotopic (exact) mass is 255 g/mol. The van der Waals surface area contributed by atoms with Crippen molar-refractivity contribution in [2.75, 3.05) is 0 Å². The second kappa shape index (κ2) is 3.90. The summed E-state index contributed by atoms with van der Waals surface area (Å²) in [5, 5.41) is 11.2. The van der Waals surface area contributed by atoms with E-state index in [4.69, 9.17) is 4.42 Å². The molecule has 0 unspecified atom stereocenters. The zero-order valence-corrected chi connectivity index (χ0v) is 10.7. The number of fused-ring (bicyclic) bond motifs is 2. The van der Waals surface area contributed by atoms with Gasteiger partial charge in [-0.1, -0.05) is 18.2 Å². The molecule has 0 radical (unpaired) electrons. The SMILES string of the molecule is CC(C)(O)c1cc2nc3ccccc3cc2c(=O)o1. The number of hydrogen-bond acceptors (Lipinski definition) is 4. The fourth-order valence-electron chi connectivity index (χ4n) is 2.01. The predicted octanol–water partition coefficient (Wildman–Crippen LogP) is 2.57. The molecule has 19 heavy (non-hydrogen) atoms. The van der Waals surface area contributed by atoms with Crippen LogP contribution in [0.3, 0.4) is 0 Å². The lowest BCUT2D eigenvalue weighted by Gasteiger charge is -2.15. The van der Waals surface area contributed by atoms with Crippen molar-refractivity contribution in [2.45, 2.75) is 19.4 Å². The molecule has 0 fully saturated rings. The second-order valence-corrected chi connectivity index (χ2v) is 5.07. The Hall–Kier alpha value is -2.20. The summed E-state index contributed by atoms with van der Waals surface area (Å²) < 4.78 is 5.16. The number of benzene rings is 1. The van der Waals surface area contributed by atoms with E-state index in [2.05, 4.69) is 4.98 Å². The van der Waals surface area contributed by atoms with Gasteiger partial charge in [0.1, 0.15) is 11.4 Å². The van der Waals surface area contributed by atoms with Gasteiger partial charge >= 0.3 is 5.63 Å². The van der Waals surface area contributed by atoms with E-state index < -0.39 is 11.2 Å². The van der Waals surface area contributed by atoms with Gasteiger partial charge in [0, 0.05) is 11.5 Å². The first-order valence-electron chi connectivity index (χ1n) is 6.02. The highest BCUT2D eigenvalue weighted by Crippen LogP contribution is 2.23. The number of nitrogens with zero attached hydrogens (tertiary/aromatic N) is 1. The van der Waals surface area contributed by atoms with Crippen molar-refractivity contribution < 1.29 is 9.52 Å². The number of para-hydroxylation sites is 1. The molecule has 4 nitrogen and oxygen atoms in total. The van der Waals surface area contributed by atoms with Gasteiger partial charge in [0.05, 0.1) is 16.4 Å².